The quantitative estimate of drug-likeness (QED) is 0.443. The van der Waals surface area contributed by atoms with Crippen LogP contribution in [-0.2, 0) is 9.53 Å². The van der Waals surface area contributed by atoms with Gasteiger partial charge in [-0.15, -0.1) is 0 Å². The molecule has 0 aliphatic heterocycles. The molecule has 3 amide bonds. The lowest BCUT2D eigenvalue weighted by Gasteiger charge is -2.36. The van der Waals surface area contributed by atoms with Crippen LogP contribution in [0.4, 0.5) is 5.69 Å². The Balaban J connectivity index is 2.06. The van der Waals surface area contributed by atoms with Gasteiger partial charge in [-0.3, -0.25) is 14.4 Å². The number of nitrogen functional groups attached to an aromatic ring is 1. The van der Waals surface area contributed by atoms with E-state index in [-0.39, 0.29) is 28.2 Å². The van der Waals surface area contributed by atoms with E-state index >= 15 is 0 Å². The maximum atomic E-state index is 13.8. The zero-order chi connectivity index (χ0) is 24.0. The minimum atomic E-state index is -0.915. The van der Waals surface area contributed by atoms with Crippen molar-refractivity contribution in [2.45, 2.75) is 37.8 Å². The fraction of sp³-hybridized carbons (Fsp3) is 0.455. The highest BCUT2D eigenvalue weighted by atomic mass is 32.1. The molecule has 1 aromatic carbocycles. The number of benzene rings is 1. The van der Waals surface area contributed by atoms with E-state index in [0.29, 0.717) is 24.5 Å². The molecule has 1 aliphatic rings. The molecule has 10 nitrogen and oxygen atoms in total. The maximum Gasteiger partial charge on any atom is 0.270 e. The number of aromatic nitrogens is 1. The number of anilines is 1. The van der Waals surface area contributed by atoms with E-state index in [1.165, 1.54) is 0 Å². The molecule has 0 unspecified atom stereocenters. The Morgan fingerprint density at radius 2 is 1.88 bits per heavy atom. The number of primary amides is 1. The van der Waals surface area contributed by atoms with Crippen LogP contribution < -0.4 is 21.5 Å². The molecule has 1 saturated carbocycles. The molecule has 1 aliphatic carbocycles. The van der Waals surface area contributed by atoms with Crippen LogP contribution in [-0.4, -0.2) is 60.4 Å². The van der Waals surface area contributed by atoms with Gasteiger partial charge in [-0.05, 0) is 42.1 Å². The van der Waals surface area contributed by atoms with Gasteiger partial charge in [0.05, 0.1) is 19.4 Å². The average molecular weight is 476 g/mol. The van der Waals surface area contributed by atoms with E-state index in [0.717, 1.165) is 37.2 Å². The first-order chi connectivity index (χ1) is 15.9. The number of carbonyl (C=O) groups is 3. The number of hydrogen-bond donors (Lipinski definition) is 3. The molecule has 0 spiro atoms. The molecule has 0 saturated heterocycles. The second-order valence-corrected chi connectivity index (χ2v) is 8.52. The summed E-state index contributed by atoms with van der Waals surface area (Å²) in [4.78, 5) is 40.5. The topological polar surface area (TPSA) is 150 Å². The molecule has 2 aromatic rings. The molecule has 33 heavy (non-hydrogen) atoms. The monoisotopic (exact) mass is 475 g/mol. The standard InChI is InChI=1S/C22H29N5O5S/c1-31-12-11-25-21(29)18(13-7-9-15(32-2)10-8-13)27(14-5-3-4-6-14)22(30)19-16(23)17(20(24)28)26-33-19/h7-10,14,18H,3-6,11-12,23H2,1-2H3,(H2,24,28)(H,25,29)/t18-/m0/s1. The van der Waals surface area contributed by atoms with Gasteiger partial charge in [0.2, 0.25) is 5.91 Å². The third-order valence-electron chi connectivity index (χ3n) is 5.67. The number of amides is 3. The van der Waals surface area contributed by atoms with Crippen molar-refractivity contribution in [1.29, 1.82) is 0 Å². The van der Waals surface area contributed by atoms with Gasteiger partial charge in [-0.25, -0.2) is 0 Å². The first-order valence-corrected chi connectivity index (χ1v) is 11.4. The molecule has 178 valence electrons. The summed E-state index contributed by atoms with van der Waals surface area (Å²) >= 11 is 0.813. The minimum absolute atomic E-state index is 0.0613. The van der Waals surface area contributed by atoms with Gasteiger partial charge >= 0.3 is 0 Å². The van der Waals surface area contributed by atoms with E-state index < -0.39 is 17.9 Å². The molecule has 5 N–H and O–H groups in total. The first-order valence-electron chi connectivity index (χ1n) is 10.7. The highest BCUT2D eigenvalue weighted by Gasteiger charge is 2.39. The lowest BCUT2D eigenvalue weighted by atomic mass is 10.0. The summed E-state index contributed by atoms with van der Waals surface area (Å²) in [5.74, 6) is -0.962. The van der Waals surface area contributed by atoms with Gasteiger partial charge in [-0.1, -0.05) is 25.0 Å². The van der Waals surface area contributed by atoms with Gasteiger partial charge in [0.25, 0.3) is 11.8 Å². The fourth-order valence-electron chi connectivity index (χ4n) is 4.02. The Bertz CT molecular complexity index is 988. The lowest BCUT2D eigenvalue weighted by Crippen LogP contribution is -2.48. The number of rotatable bonds is 10. The van der Waals surface area contributed by atoms with Crippen LogP contribution in [0.5, 0.6) is 5.75 Å². The second kappa shape index (κ2) is 11.1. The molecule has 3 rings (SSSR count). The molecule has 0 bridgehead atoms. The SMILES string of the molecule is COCCNC(=O)[C@H](c1ccc(OC)cc1)N(C(=O)c1snc(C(N)=O)c1N)C1CCCC1. The van der Waals surface area contributed by atoms with Gasteiger partial charge in [0.15, 0.2) is 5.69 Å². The Morgan fingerprint density at radius 3 is 2.42 bits per heavy atom. The van der Waals surface area contributed by atoms with Gasteiger partial charge in [-0.2, -0.15) is 4.37 Å². The van der Waals surface area contributed by atoms with Crippen molar-refractivity contribution >= 4 is 34.9 Å². The first kappa shape index (κ1) is 24.5. The van der Waals surface area contributed by atoms with Gasteiger partial charge in [0.1, 0.15) is 16.7 Å². The number of nitrogens with two attached hydrogens (primary N) is 2. The van der Waals surface area contributed by atoms with E-state index in [1.807, 2.05) is 0 Å². The van der Waals surface area contributed by atoms with Crippen molar-refractivity contribution in [2.24, 2.45) is 5.73 Å². The zero-order valence-electron chi connectivity index (χ0n) is 18.7. The van der Waals surface area contributed by atoms with Crippen LogP contribution in [0.2, 0.25) is 0 Å². The van der Waals surface area contributed by atoms with Crippen LogP contribution in [0.15, 0.2) is 24.3 Å². The number of methoxy groups -OCH3 is 2. The predicted molar refractivity (Wildman–Crippen MR) is 124 cm³/mol. The van der Waals surface area contributed by atoms with Crippen LogP contribution in [0.1, 0.15) is 57.4 Å². The van der Waals surface area contributed by atoms with Crippen molar-refractivity contribution < 1.29 is 23.9 Å². The van der Waals surface area contributed by atoms with Gasteiger partial charge in [0, 0.05) is 19.7 Å². The Morgan fingerprint density at radius 1 is 1.21 bits per heavy atom. The largest absolute Gasteiger partial charge is 0.497 e. The van der Waals surface area contributed by atoms with Crippen molar-refractivity contribution in [2.75, 3.05) is 33.1 Å². The van der Waals surface area contributed by atoms with Crippen molar-refractivity contribution in [3.8, 4) is 5.75 Å². The minimum Gasteiger partial charge on any atom is -0.497 e. The van der Waals surface area contributed by atoms with Crippen molar-refractivity contribution in [3.63, 3.8) is 0 Å². The Labute approximate surface area is 196 Å². The molecular formula is C22H29N5O5S. The number of carbonyl (C=O) groups excluding carboxylic acids is 3. The molecule has 1 fully saturated rings. The molecule has 1 aromatic heterocycles. The van der Waals surface area contributed by atoms with Crippen LogP contribution in [0.3, 0.4) is 0 Å². The number of hydrogen-bond acceptors (Lipinski definition) is 8. The molecule has 0 radical (unpaired) electrons. The normalized spacial score (nSPS) is 14.6. The summed E-state index contributed by atoms with van der Waals surface area (Å²) in [6.07, 6.45) is 3.40. The number of ether oxygens (including phenoxy) is 2. The summed E-state index contributed by atoms with van der Waals surface area (Å²) in [6.45, 7) is 0.630. The molecule has 1 heterocycles. The lowest BCUT2D eigenvalue weighted by molar-refractivity contribution is -0.126. The van der Waals surface area contributed by atoms with Crippen LogP contribution in [0.25, 0.3) is 0 Å². The number of nitrogens with one attached hydrogen (secondary N) is 1. The van der Waals surface area contributed by atoms with Gasteiger partial charge < -0.3 is 31.2 Å². The summed E-state index contributed by atoms with van der Waals surface area (Å²) in [5, 5.41) is 2.85. The smallest absolute Gasteiger partial charge is 0.270 e. The van der Waals surface area contributed by atoms with E-state index in [1.54, 1.807) is 43.4 Å². The summed E-state index contributed by atoms with van der Waals surface area (Å²) in [5.41, 5.74) is 11.8. The average Bonchev–Trinajstić information content (AvgIpc) is 3.47. The summed E-state index contributed by atoms with van der Waals surface area (Å²) in [6, 6.07) is 5.93. The Kier molecular flexibility index (Phi) is 8.23. The second-order valence-electron chi connectivity index (χ2n) is 7.75. The van der Waals surface area contributed by atoms with Crippen LogP contribution >= 0.6 is 11.5 Å². The molecular weight excluding hydrogens is 446 g/mol. The van der Waals surface area contributed by atoms with Crippen LogP contribution in [0, 0.1) is 0 Å². The third kappa shape index (κ3) is 5.42. The third-order valence-corrected chi connectivity index (χ3v) is 6.52. The summed E-state index contributed by atoms with van der Waals surface area (Å²) in [7, 11) is 3.10. The predicted octanol–water partition coefficient (Wildman–Crippen LogP) is 1.72. The van der Waals surface area contributed by atoms with E-state index in [9.17, 15) is 14.4 Å². The van der Waals surface area contributed by atoms with Crippen molar-refractivity contribution in [1.82, 2.24) is 14.6 Å². The maximum absolute atomic E-state index is 13.8. The van der Waals surface area contributed by atoms with Crippen molar-refractivity contribution in [3.05, 3.63) is 40.4 Å². The summed E-state index contributed by atoms with van der Waals surface area (Å²) < 4.78 is 14.3. The zero-order valence-corrected chi connectivity index (χ0v) is 19.5. The van der Waals surface area contributed by atoms with E-state index in [2.05, 4.69) is 9.69 Å². The fourth-order valence-corrected chi connectivity index (χ4v) is 4.77. The molecule has 1 atom stereocenters. The molecule has 11 heteroatoms. The Hall–Kier alpha value is -3.18. The highest BCUT2D eigenvalue weighted by molar-refractivity contribution is 7.09. The highest BCUT2D eigenvalue weighted by Crippen LogP contribution is 2.35. The van der Waals surface area contributed by atoms with E-state index in [4.69, 9.17) is 20.9 Å². The number of nitrogens with zero attached hydrogens (tertiary/aromatic N) is 2.